The van der Waals surface area contributed by atoms with Crippen LogP contribution in [0.5, 0.6) is 0 Å². The first-order valence-electron chi connectivity index (χ1n) is 8.76. The number of piperidine rings is 1. The number of benzene rings is 1. The van der Waals surface area contributed by atoms with E-state index in [4.69, 9.17) is 16.1 Å². The number of nitrogens with zero attached hydrogens (tertiary/aromatic N) is 3. The summed E-state index contributed by atoms with van der Waals surface area (Å²) in [6.45, 7) is 4.41. The Balaban J connectivity index is 1.37. The first-order valence-corrected chi connectivity index (χ1v) is 9.14. The van der Waals surface area contributed by atoms with E-state index in [1.54, 1.807) is 0 Å². The van der Waals surface area contributed by atoms with Crippen LogP contribution in [0.4, 0.5) is 10.1 Å². The number of halogens is 2. The molecule has 0 radical (unpaired) electrons. The van der Waals surface area contributed by atoms with E-state index < -0.39 is 5.82 Å². The normalized spacial score (nSPS) is 16.0. The van der Waals surface area contributed by atoms with Crippen molar-refractivity contribution in [1.29, 1.82) is 0 Å². The Morgan fingerprint density at radius 3 is 2.85 bits per heavy atom. The number of rotatable bonds is 6. The third kappa shape index (κ3) is 5.25. The van der Waals surface area contributed by atoms with E-state index in [1.807, 2.05) is 6.92 Å². The molecule has 1 amide bonds. The van der Waals surface area contributed by atoms with Gasteiger partial charge in [-0.2, -0.15) is 4.98 Å². The van der Waals surface area contributed by atoms with Crippen molar-refractivity contribution in [3.8, 4) is 0 Å². The van der Waals surface area contributed by atoms with Gasteiger partial charge in [-0.05, 0) is 63.4 Å². The maximum atomic E-state index is 13.1. The van der Waals surface area contributed by atoms with Crippen LogP contribution in [0.15, 0.2) is 22.7 Å². The second-order valence-electron chi connectivity index (χ2n) is 6.67. The van der Waals surface area contributed by atoms with Gasteiger partial charge in [0.05, 0.1) is 11.6 Å². The molecule has 6 nitrogen and oxygen atoms in total. The number of hydrogen-bond acceptors (Lipinski definition) is 5. The van der Waals surface area contributed by atoms with Crippen LogP contribution in [0.2, 0.25) is 5.02 Å². The number of carbonyl (C=O) groups is 1. The average Bonchev–Trinajstić information content (AvgIpc) is 3.02. The summed E-state index contributed by atoms with van der Waals surface area (Å²) in [6.07, 6.45) is 3.38. The maximum Gasteiger partial charge on any atom is 0.240 e. The lowest BCUT2D eigenvalue weighted by molar-refractivity contribution is -0.116. The Labute approximate surface area is 156 Å². The van der Waals surface area contributed by atoms with E-state index in [1.165, 1.54) is 18.2 Å². The topological polar surface area (TPSA) is 71.3 Å². The second kappa shape index (κ2) is 8.60. The fourth-order valence-electron chi connectivity index (χ4n) is 3.16. The molecule has 3 rings (SSSR count). The maximum absolute atomic E-state index is 13.1. The Bertz CT molecular complexity index is 759. The summed E-state index contributed by atoms with van der Waals surface area (Å²) in [6, 6.07) is 4.18. The first-order chi connectivity index (χ1) is 12.5. The number of aromatic nitrogens is 2. The number of likely N-dealkylation sites (tertiary alicyclic amines) is 1. The second-order valence-corrected chi connectivity index (χ2v) is 7.08. The summed E-state index contributed by atoms with van der Waals surface area (Å²) in [5.74, 6) is 1.27. The molecule has 0 aliphatic carbocycles. The first kappa shape index (κ1) is 18.8. The lowest BCUT2D eigenvalue weighted by Crippen LogP contribution is -2.33. The zero-order valence-corrected chi connectivity index (χ0v) is 15.4. The van der Waals surface area contributed by atoms with Crippen LogP contribution in [0, 0.1) is 18.7 Å². The van der Waals surface area contributed by atoms with Crippen molar-refractivity contribution in [2.24, 2.45) is 5.92 Å². The van der Waals surface area contributed by atoms with Crippen LogP contribution in [-0.4, -0.2) is 34.0 Å². The SMILES string of the molecule is Cc1noc(CN2CCC(CCC(=O)Nc3ccc(F)c(Cl)c3)CC2)n1. The number of hydrogen-bond donors (Lipinski definition) is 1. The van der Waals surface area contributed by atoms with Crippen LogP contribution in [0.1, 0.15) is 37.4 Å². The lowest BCUT2D eigenvalue weighted by atomic mass is 9.92. The van der Waals surface area contributed by atoms with Crippen LogP contribution in [-0.2, 0) is 11.3 Å². The van der Waals surface area contributed by atoms with Crippen molar-refractivity contribution in [1.82, 2.24) is 15.0 Å². The molecule has 1 aliphatic heterocycles. The molecule has 2 aromatic rings. The van der Waals surface area contributed by atoms with Crippen molar-refractivity contribution < 1.29 is 13.7 Å². The molecule has 8 heteroatoms. The highest BCUT2D eigenvalue weighted by Crippen LogP contribution is 2.24. The summed E-state index contributed by atoms with van der Waals surface area (Å²) in [5, 5.41) is 6.58. The van der Waals surface area contributed by atoms with E-state index in [-0.39, 0.29) is 10.9 Å². The fraction of sp³-hybridized carbons (Fsp3) is 0.500. The van der Waals surface area contributed by atoms with Gasteiger partial charge in [-0.1, -0.05) is 16.8 Å². The molecule has 1 aliphatic rings. The summed E-state index contributed by atoms with van der Waals surface area (Å²) in [4.78, 5) is 18.6. The standard InChI is InChI=1S/C18H22ClFN4O2/c1-12-21-18(26-23-12)11-24-8-6-13(7-9-24)2-5-17(25)22-14-3-4-16(20)15(19)10-14/h3-4,10,13H,2,5-9,11H2,1H3,(H,22,25). The van der Waals surface area contributed by atoms with Gasteiger partial charge in [0.2, 0.25) is 11.8 Å². The molecule has 1 aromatic carbocycles. The van der Waals surface area contributed by atoms with Gasteiger partial charge in [-0.25, -0.2) is 4.39 Å². The molecule has 2 heterocycles. The third-order valence-electron chi connectivity index (χ3n) is 4.62. The van der Waals surface area contributed by atoms with Crippen LogP contribution in [0.25, 0.3) is 0 Å². The van der Waals surface area contributed by atoms with Crippen molar-refractivity contribution in [3.63, 3.8) is 0 Å². The van der Waals surface area contributed by atoms with Gasteiger partial charge >= 0.3 is 0 Å². The molecule has 1 N–H and O–H groups in total. The number of nitrogens with one attached hydrogen (secondary N) is 1. The summed E-state index contributed by atoms with van der Waals surface area (Å²) < 4.78 is 18.3. The molecule has 1 fully saturated rings. The van der Waals surface area contributed by atoms with Crippen LogP contribution >= 0.6 is 11.6 Å². The predicted molar refractivity (Wildman–Crippen MR) is 96.3 cm³/mol. The molecule has 0 saturated carbocycles. The molecule has 140 valence electrons. The molecular formula is C18H22ClFN4O2. The summed E-state index contributed by atoms with van der Waals surface area (Å²) >= 11 is 5.72. The van der Waals surface area contributed by atoms with Gasteiger partial charge in [0.1, 0.15) is 5.82 Å². The van der Waals surface area contributed by atoms with Crippen molar-refractivity contribution in [2.45, 2.75) is 39.2 Å². The summed E-state index contributed by atoms with van der Waals surface area (Å²) in [7, 11) is 0. The monoisotopic (exact) mass is 380 g/mol. The highest BCUT2D eigenvalue weighted by molar-refractivity contribution is 6.31. The predicted octanol–water partition coefficient (Wildman–Crippen LogP) is 3.80. The van der Waals surface area contributed by atoms with Crippen LogP contribution in [0.3, 0.4) is 0 Å². The van der Waals surface area contributed by atoms with Gasteiger partial charge in [-0.15, -0.1) is 0 Å². The minimum atomic E-state index is -0.493. The Kier molecular flexibility index (Phi) is 6.21. The Morgan fingerprint density at radius 1 is 1.42 bits per heavy atom. The number of anilines is 1. The van der Waals surface area contributed by atoms with Gasteiger partial charge in [0.25, 0.3) is 0 Å². The molecule has 0 spiro atoms. The fourth-order valence-corrected chi connectivity index (χ4v) is 3.34. The van der Waals surface area contributed by atoms with Gasteiger partial charge in [0.15, 0.2) is 5.82 Å². The van der Waals surface area contributed by atoms with E-state index in [9.17, 15) is 9.18 Å². The largest absolute Gasteiger partial charge is 0.338 e. The molecule has 1 saturated heterocycles. The molecule has 1 aromatic heterocycles. The van der Waals surface area contributed by atoms with E-state index in [0.717, 1.165) is 32.4 Å². The van der Waals surface area contributed by atoms with Gasteiger partial charge in [-0.3, -0.25) is 9.69 Å². The minimum absolute atomic E-state index is 0.00612. The van der Waals surface area contributed by atoms with Crippen molar-refractivity contribution in [2.75, 3.05) is 18.4 Å². The smallest absolute Gasteiger partial charge is 0.240 e. The summed E-state index contributed by atoms with van der Waals surface area (Å²) in [5.41, 5.74) is 0.520. The van der Waals surface area contributed by atoms with Gasteiger partial charge < -0.3 is 9.84 Å². The van der Waals surface area contributed by atoms with E-state index >= 15 is 0 Å². The molecule has 26 heavy (non-hydrogen) atoms. The molecular weight excluding hydrogens is 359 g/mol. The zero-order valence-electron chi connectivity index (χ0n) is 14.7. The van der Waals surface area contributed by atoms with E-state index in [0.29, 0.717) is 36.3 Å². The Morgan fingerprint density at radius 2 is 2.19 bits per heavy atom. The molecule has 0 bridgehead atoms. The highest BCUT2D eigenvalue weighted by atomic mass is 35.5. The van der Waals surface area contributed by atoms with Crippen molar-refractivity contribution >= 4 is 23.2 Å². The number of carbonyl (C=O) groups excluding carboxylic acids is 1. The molecule has 0 unspecified atom stereocenters. The zero-order chi connectivity index (χ0) is 18.5. The Hall–Kier alpha value is -1.99. The molecule has 0 atom stereocenters. The minimum Gasteiger partial charge on any atom is -0.338 e. The number of aryl methyl sites for hydroxylation is 1. The van der Waals surface area contributed by atoms with Gasteiger partial charge in [0, 0.05) is 12.1 Å². The van der Waals surface area contributed by atoms with E-state index in [2.05, 4.69) is 20.4 Å². The average molecular weight is 381 g/mol. The number of amides is 1. The quantitative estimate of drug-likeness (QED) is 0.825. The lowest BCUT2D eigenvalue weighted by Gasteiger charge is -2.30. The highest BCUT2D eigenvalue weighted by Gasteiger charge is 2.21. The van der Waals surface area contributed by atoms with Crippen molar-refractivity contribution in [3.05, 3.63) is 40.8 Å². The van der Waals surface area contributed by atoms with Crippen LogP contribution < -0.4 is 5.32 Å². The third-order valence-corrected chi connectivity index (χ3v) is 4.91.